The van der Waals surface area contributed by atoms with Gasteiger partial charge in [-0.3, -0.25) is 23.5 Å². The number of hydrogen-bond donors (Lipinski definition) is 0. The lowest BCUT2D eigenvalue weighted by Gasteiger charge is -2.13. The van der Waals surface area contributed by atoms with E-state index in [1.807, 2.05) is 0 Å². The Balaban J connectivity index is 1.57. The van der Waals surface area contributed by atoms with Gasteiger partial charge in [0.15, 0.2) is 0 Å². The average molecular weight is 454 g/mol. The summed E-state index contributed by atoms with van der Waals surface area (Å²) < 4.78 is 7.35. The van der Waals surface area contributed by atoms with Gasteiger partial charge in [0.1, 0.15) is 6.61 Å². The van der Waals surface area contributed by atoms with Gasteiger partial charge in [0.05, 0.1) is 28.1 Å². The van der Waals surface area contributed by atoms with Crippen LogP contribution in [0.2, 0.25) is 5.02 Å². The van der Waals surface area contributed by atoms with E-state index in [9.17, 15) is 24.0 Å². The third-order valence-corrected chi connectivity index (χ3v) is 5.44. The summed E-state index contributed by atoms with van der Waals surface area (Å²) in [6.07, 6.45) is 0. The molecule has 0 fully saturated rings. The van der Waals surface area contributed by atoms with E-state index in [4.69, 9.17) is 16.3 Å². The van der Waals surface area contributed by atoms with E-state index in [0.29, 0.717) is 10.7 Å². The Labute approximate surface area is 186 Å². The van der Waals surface area contributed by atoms with Crippen molar-refractivity contribution in [3.05, 3.63) is 96.8 Å². The number of carbonyl (C=O) groups is 3. The summed E-state index contributed by atoms with van der Waals surface area (Å²) in [6.45, 7) is -0.318. The van der Waals surface area contributed by atoms with Crippen LogP contribution in [-0.2, 0) is 25.4 Å². The van der Waals surface area contributed by atoms with Gasteiger partial charge in [-0.25, -0.2) is 14.5 Å². The van der Waals surface area contributed by atoms with Crippen LogP contribution < -0.4 is 16.1 Å². The minimum Gasteiger partial charge on any atom is -0.456 e. The Kier molecular flexibility index (Phi) is 5.27. The monoisotopic (exact) mass is 453 g/mol. The topological polar surface area (TPSA) is 108 Å². The third kappa shape index (κ3) is 3.52. The fraction of sp³-hybridized carbons (Fsp3) is 0.136. The SMILES string of the molecule is Cn1c(COC(=O)c2ccc3c(c2)C(=O)N(c2ccc(Cl)cc2)C3=O)cc(=O)n(C)c1=O. The van der Waals surface area contributed by atoms with Crippen LogP contribution in [0.25, 0.3) is 0 Å². The quantitative estimate of drug-likeness (QED) is 0.441. The lowest BCUT2D eigenvalue weighted by atomic mass is 10.1. The van der Waals surface area contributed by atoms with Crippen molar-refractivity contribution in [1.29, 1.82) is 0 Å². The van der Waals surface area contributed by atoms with Gasteiger partial charge in [0.25, 0.3) is 17.4 Å². The van der Waals surface area contributed by atoms with Gasteiger partial charge >= 0.3 is 11.7 Å². The Hall–Kier alpha value is -3.98. The first-order valence-corrected chi connectivity index (χ1v) is 9.78. The van der Waals surface area contributed by atoms with E-state index in [-0.39, 0.29) is 29.0 Å². The number of ether oxygens (including phenoxy) is 1. The molecular formula is C22H16ClN3O6. The Morgan fingerprint density at radius 1 is 0.875 bits per heavy atom. The van der Waals surface area contributed by atoms with Crippen molar-refractivity contribution in [2.75, 3.05) is 4.90 Å². The minimum atomic E-state index is -0.772. The highest BCUT2D eigenvalue weighted by atomic mass is 35.5. The minimum absolute atomic E-state index is 0.0525. The van der Waals surface area contributed by atoms with Gasteiger partial charge in [-0.1, -0.05) is 11.6 Å². The van der Waals surface area contributed by atoms with Crippen LogP contribution in [0.1, 0.15) is 36.8 Å². The summed E-state index contributed by atoms with van der Waals surface area (Å²) in [4.78, 5) is 62.9. The highest BCUT2D eigenvalue weighted by Gasteiger charge is 2.37. The highest BCUT2D eigenvalue weighted by Crippen LogP contribution is 2.30. The number of amides is 2. The Bertz CT molecular complexity index is 1400. The van der Waals surface area contributed by atoms with Crippen LogP contribution >= 0.6 is 11.6 Å². The molecule has 10 heteroatoms. The predicted molar refractivity (Wildman–Crippen MR) is 115 cm³/mol. The molecule has 0 aliphatic carbocycles. The number of fused-ring (bicyclic) bond motifs is 1. The van der Waals surface area contributed by atoms with Crippen LogP contribution in [0, 0.1) is 0 Å². The Morgan fingerprint density at radius 3 is 2.22 bits per heavy atom. The van der Waals surface area contributed by atoms with Crippen molar-refractivity contribution in [2.24, 2.45) is 14.1 Å². The second-order valence-electron chi connectivity index (χ2n) is 7.13. The molecule has 2 amide bonds. The normalized spacial score (nSPS) is 12.8. The molecule has 0 bridgehead atoms. The number of esters is 1. The predicted octanol–water partition coefficient (Wildman–Crippen LogP) is 1.89. The van der Waals surface area contributed by atoms with E-state index in [1.165, 1.54) is 42.9 Å². The molecule has 2 heterocycles. The first kappa shape index (κ1) is 21.3. The first-order valence-electron chi connectivity index (χ1n) is 9.40. The van der Waals surface area contributed by atoms with Crippen molar-refractivity contribution in [2.45, 2.75) is 6.61 Å². The van der Waals surface area contributed by atoms with E-state index in [2.05, 4.69) is 0 Å². The molecule has 0 unspecified atom stereocenters. The second kappa shape index (κ2) is 7.93. The summed E-state index contributed by atoms with van der Waals surface area (Å²) in [6, 6.07) is 11.5. The van der Waals surface area contributed by atoms with Gasteiger partial charge in [-0.2, -0.15) is 0 Å². The number of carbonyl (C=O) groups excluding carboxylic acids is 3. The van der Waals surface area contributed by atoms with Crippen LogP contribution in [-0.4, -0.2) is 26.9 Å². The Morgan fingerprint density at radius 2 is 1.53 bits per heavy atom. The first-order chi connectivity index (χ1) is 15.2. The maximum atomic E-state index is 12.8. The molecule has 3 aromatic rings. The fourth-order valence-electron chi connectivity index (χ4n) is 3.33. The van der Waals surface area contributed by atoms with Crippen LogP contribution in [0.15, 0.2) is 58.1 Å². The van der Waals surface area contributed by atoms with Crippen molar-refractivity contribution in [1.82, 2.24) is 9.13 Å². The molecule has 1 aliphatic heterocycles. The van der Waals surface area contributed by atoms with Crippen molar-refractivity contribution < 1.29 is 19.1 Å². The number of imide groups is 1. The van der Waals surface area contributed by atoms with Crippen LogP contribution in [0.4, 0.5) is 5.69 Å². The molecule has 0 radical (unpaired) electrons. The zero-order chi connectivity index (χ0) is 23.2. The van der Waals surface area contributed by atoms with Crippen molar-refractivity contribution in [3.8, 4) is 0 Å². The highest BCUT2D eigenvalue weighted by molar-refractivity contribution is 6.35. The standard InChI is InChI=1S/C22H16ClN3O6/c1-24-15(10-18(27)25(2)22(24)31)11-32-21(30)12-3-8-16-17(9-12)20(29)26(19(16)28)14-6-4-13(23)5-7-14/h3-10H,11H2,1-2H3. The van der Waals surface area contributed by atoms with Crippen molar-refractivity contribution in [3.63, 3.8) is 0 Å². The van der Waals surface area contributed by atoms with Crippen LogP contribution in [0.5, 0.6) is 0 Å². The molecule has 32 heavy (non-hydrogen) atoms. The molecule has 1 aliphatic rings. The molecule has 162 valence electrons. The molecule has 0 saturated carbocycles. The number of hydrogen-bond acceptors (Lipinski definition) is 6. The molecule has 0 atom stereocenters. The van der Waals surface area contributed by atoms with Gasteiger partial charge in [-0.15, -0.1) is 0 Å². The zero-order valence-corrected chi connectivity index (χ0v) is 17.8. The van der Waals surface area contributed by atoms with Gasteiger partial charge in [0, 0.05) is 25.2 Å². The molecule has 0 saturated heterocycles. The molecule has 2 aromatic carbocycles. The van der Waals surface area contributed by atoms with Crippen molar-refractivity contribution >= 4 is 35.1 Å². The third-order valence-electron chi connectivity index (χ3n) is 5.18. The molecule has 4 rings (SSSR count). The summed E-state index contributed by atoms with van der Waals surface area (Å²) >= 11 is 5.87. The number of nitrogens with zero attached hydrogens (tertiary/aromatic N) is 3. The number of anilines is 1. The number of halogens is 1. The number of rotatable bonds is 4. The molecule has 0 N–H and O–H groups in total. The largest absolute Gasteiger partial charge is 0.456 e. The molecule has 0 spiro atoms. The molecule has 9 nitrogen and oxygen atoms in total. The molecule has 1 aromatic heterocycles. The maximum absolute atomic E-state index is 12.8. The maximum Gasteiger partial charge on any atom is 0.338 e. The number of benzene rings is 2. The fourth-order valence-corrected chi connectivity index (χ4v) is 3.46. The van der Waals surface area contributed by atoms with E-state index >= 15 is 0 Å². The smallest absolute Gasteiger partial charge is 0.338 e. The lowest BCUT2D eigenvalue weighted by molar-refractivity contribution is 0.0462. The zero-order valence-electron chi connectivity index (χ0n) is 17.0. The van der Waals surface area contributed by atoms with E-state index < -0.39 is 29.0 Å². The van der Waals surface area contributed by atoms with Gasteiger partial charge in [-0.05, 0) is 42.5 Å². The summed E-state index contributed by atoms with van der Waals surface area (Å²) in [5.74, 6) is -1.86. The summed E-state index contributed by atoms with van der Waals surface area (Å²) in [5.41, 5.74) is -0.216. The van der Waals surface area contributed by atoms with Gasteiger partial charge in [0.2, 0.25) is 0 Å². The lowest BCUT2D eigenvalue weighted by Crippen LogP contribution is -2.38. The molecular weight excluding hydrogens is 438 g/mol. The van der Waals surface area contributed by atoms with Gasteiger partial charge < -0.3 is 4.74 Å². The van der Waals surface area contributed by atoms with E-state index in [1.54, 1.807) is 24.3 Å². The summed E-state index contributed by atoms with van der Waals surface area (Å²) in [7, 11) is 2.80. The second-order valence-corrected chi connectivity index (χ2v) is 7.57. The van der Waals surface area contributed by atoms with Crippen LogP contribution in [0.3, 0.4) is 0 Å². The summed E-state index contributed by atoms with van der Waals surface area (Å²) in [5, 5.41) is 0.462. The average Bonchev–Trinajstić information content (AvgIpc) is 3.04. The number of aromatic nitrogens is 2. The van der Waals surface area contributed by atoms with E-state index in [0.717, 1.165) is 9.47 Å².